The number of nitrogens with one attached hydrogen (secondary N) is 1. The lowest BCUT2D eigenvalue weighted by molar-refractivity contribution is -0.133. The molecule has 2 bridgehead atoms. The number of aryl methyl sites for hydroxylation is 1. The Morgan fingerprint density at radius 1 is 1.23 bits per heavy atom. The normalized spacial score (nSPS) is 20.8. The predicted octanol–water partition coefficient (Wildman–Crippen LogP) is 2.70. The van der Waals surface area contributed by atoms with Crippen LogP contribution < -0.4 is 16.0 Å². The molecule has 6 rings (SSSR count). The molecule has 3 saturated heterocycles. The minimum absolute atomic E-state index is 0.254. The zero-order valence-electron chi connectivity index (χ0n) is 17.3. The fraction of sp³-hybridized carbons (Fsp3) is 0.364. The quantitative estimate of drug-likeness (QED) is 0.621. The summed E-state index contributed by atoms with van der Waals surface area (Å²) >= 11 is 0. The molecule has 3 aliphatic heterocycles. The Morgan fingerprint density at radius 3 is 2.68 bits per heavy atom. The monoisotopic (exact) mass is 419 g/mol. The third kappa shape index (κ3) is 3.44. The zero-order valence-corrected chi connectivity index (χ0v) is 17.3. The molecule has 31 heavy (non-hydrogen) atoms. The molecule has 3 aliphatic rings. The van der Waals surface area contributed by atoms with Crippen LogP contribution in [0.5, 0.6) is 0 Å². The summed E-state index contributed by atoms with van der Waals surface area (Å²) in [5.74, 6) is 0.826. The summed E-state index contributed by atoms with van der Waals surface area (Å²) in [6, 6.07) is 6.53. The Balaban J connectivity index is 1.51. The van der Waals surface area contributed by atoms with E-state index in [1.54, 1.807) is 13.1 Å². The average Bonchev–Trinajstić information content (AvgIpc) is 2.76. The number of benzene rings is 1. The van der Waals surface area contributed by atoms with Gasteiger partial charge in [0, 0.05) is 36.5 Å². The van der Waals surface area contributed by atoms with Crippen molar-refractivity contribution in [3.05, 3.63) is 52.6 Å². The molecule has 0 aliphatic carbocycles. The van der Waals surface area contributed by atoms with Crippen LogP contribution in [0, 0.1) is 31.0 Å². The van der Waals surface area contributed by atoms with Crippen molar-refractivity contribution in [1.82, 2.24) is 15.2 Å². The molecule has 3 fully saturated rings. The van der Waals surface area contributed by atoms with E-state index in [-0.39, 0.29) is 17.8 Å². The second-order valence-corrected chi connectivity index (χ2v) is 8.14. The summed E-state index contributed by atoms with van der Waals surface area (Å²) in [4.78, 5) is 6.85. The highest BCUT2D eigenvalue weighted by molar-refractivity contribution is 5.94. The summed E-state index contributed by atoms with van der Waals surface area (Å²) in [6.07, 6.45) is 2.67. The Labute approximate surface area is 178 Å². The second-order valence-electron chi connectivity index (χ2n) is 8.14. The van der Waals surface area contributed by atoms with Gasteiger partial charge in [0.2, 0.25) is 0 Å². The first-order chi connectivity index (χ1) is 14.9. The first-order valence-electron chi connectivity index (χ1n) is 10.2. The van der Waals surface area contributed by atoms with Crippen LogP contribution in [0.1, 0.15) is 35.0 Å². The van der Waals surface area contributed by atoms with Crippen molar-refractivity contribution in [2.24, 2.45) is 5.73 Å². The Bertz CT molecular complexity index is 1210. The average molecular weight is 419 g/mol. The van der Waals surface area contributed by atoms with Crippen LogP contribution >= 0.6 is 0 Å². The van der Waals surface area contributed by atoms with E-state index in [4.69, 9.17) is 10.5 Å². The molecule has 1 aromatic carbocycles. The maximum atomic E-state index is 14.0. The Morgan fingerprint density at radius 2 is 1.97 bits per heavy atom. The number of fused-ring (bicyclic) bond motifs is 3. The summed E-state index contributed by atoms with van der Waals surface area (Å²) in [5, 5.41) is 22.6. The molecule has 0 saturated carbocycles. The van der Waals surface area contributed by atoms with E-state index in [2.05, 4.69) is 25.4 Å². The minimum atomic E-state index is -0.768. The van der Waals surface area contributed by atoms with Gasteiger partial charge in [0.05, 0.1) is 29.5 Å². The second kappa shape index (κ2) is 7.41. The van der Waals surface area contributed by atoms with Gasteiger partial charge in [-0.15, -0.1) is 5.10 Å². The molecule has 0 radical (unpaired) electrons. The first-order valence-corrected chi connectivity index (χ1v) is 10.2. The number of rotatable bonds is 4. The van der Waals surface area contributed by atoms with E-state index >= 15 is 0 Å². The van der Waals surface area contributed by atoms with E-state index in [0.717, 1.165) is 41.8 Å². The number of nitrogens with two attached hydrogens (primary N) is 1. The van der Waals surface area contributed by atoms with Gasteiger partial charge in [-0.25, -0.2) is 9.37 Å². The summed E-state index contributed by atoms with van der Waals surface area (Å²) in [6.45, 7) is 5.25. The molecule has 2 unspecified atom stereocenters. The van der Waals surface area contributed by atoms with Crippen molar-refractivity contribution >= 4 is 22.4 Å². The maximum absolute atomic E-state index is 14.0. The van der Waals surface area contributed by atoms with Crippen LogP contribution in [0.2, 0.25) is 0 Å². The lowest BCUT2D eigenvalue weighted by atomic mass is 9.98. The standard InChI is InChI=1S/C22H22FN7O/c1-11-13(7-24)3-14(23)4-17(11)21(25)27-22-18-6-20(26-8-19(18)12(2)28-29-22)30-9-15-5-16(10-30)31-15/h3-4,6,8,15-16,21H,5,9-10,25H2,1-2H3,(H,27,29)/t15?,16?,21-/m0/s1. The van der Waals surface area contributed by atoms with Gasteiger partial charge in [0.15, 0.2) is 5.82 Å². The van der Waals surface area contributed by atoms with Crippen LogP contribution in [0.25, 0.3) is 10.8 Å². The number of piperidine rings is 1. The smallest absolute Gasteiger partial charge is 0.158 e. The van der Waals surface area contributed by atoms with Gasteiger partial charge in [0.25, 0.3) is 0 Å². The SMILES string of the molecule is Cc1c(C#N)cc(F)cc1[C@@H](N)Nc1nnc(C)c2cnc(N3CC4CC(C3)O4)cc12. The van der Waals surface area contributed by atoms with E-state index in [9.17, 15) is 9.65 Å². The molecule has 9 heteroatoms. The van der Waals surface area contributed by atoms with Crippen molar-refractivity contribution in [3.8, 4) is 6.07 Å². The zero-order chi connectivity index (χ0) is 21.7. The number of halogens is 1. The number of morpholine rings is 1. The van der Waals surface area contributed by atoms with Crippen LogP contribution in [-0.2, 0) is 4.74 Å². The Hall–Kier alpha value is -3.35. The highest BCUT2D eigenvalue weighted by atomic mass is 19.1. The number of anilines is 2. The van der Waals surface area contributed by atoms with Crippen molar-refractivity contribution in [3.63, 3.8) is 0 Å². The van der Waals surface area contributed by atoms with E-state index in [0.29, 0.717) is 16.9 Å². The lowest BCUT2D eigenvalue weighted by Crippen LogP contribution is -2.57. The van der Waals surface area contributed by atoms with Crippen molar-refractivity contribution in [2.75, 3.05) is 23.3 Å². The molecule has 158 valence electrons. The number of nitriles is 1. The van der Waals surface area contributed by atoms with Gasteiger partial charge in [0.1, 0.15) is 17.8 Å². The van der Waals surface area contributed by atoms with E-state index in [1.807, 2.05) is 19.1 Å². The summed E-state index contributed by atoms with van der Waals surface area (Å²) in [7, 11) is 0. The van der Waals surface area contributed by atoms with E-state index in [1.165, 1.54) is 12.1 Å². The number of aromatic nitrogens is 3. The van der Waals surface area contributed by atoms with Crippen molar-refractivity contribution in [2.45, 2.75) is 38.6 Å². The molecule has 8 nitrogen and oxygen atoms in total. The van der Waals surface area contributed by atoms with Crippen LogP contribution in [0.4, 0.5) is 16.0 Å². The molecule has 0 spiro atoms. The topological polar surface area (TPSA) is 113 Å². The molecule has 0 amide bonds. The molecular formula is C22H22FN7O. The largest absolute Gasteiger partial charge is 0.371 e. The number of hydrogen-bond acceptors (Lipinski definition) is 8. The van der Waals surface area contributed by atoms with Gasteiger partial charge >= 0.3 is 0 Å². The molecular weight excluding hydrogens is 397 g/mol. The van der Waals surface area contributed by atoms with Crippen molar-refractivity contribution in [1.29, 1.82) is 5.26 Å². The van der Waals surface area contributed by atoms with Gasteiger partial charge in [-0.05, 0) is 43.2 Å². The van der Waals surface area contributed by atoms with Gasteiger partial charge < -0.3 is 20.7 Å². The molecule has 3 atom stereocenters. The van der Waals surface area contributed by atoms with E-state index < -0.39 is 12.0 Å². The number of nitrogens with zero attached hydrogens (tertiary/aromatic N) is 5. The molecule has 3 N–H and O–H groups in total. The predicted molar refractivity (Wildman–Crippen MR) is 114 cm³/mol. The fourth-order valence-corrected chi connectivity index (χ4v) is 4.35. The van der Waals surface area contributed by atoms with Gasteiger partial charge in [-0.2, -0.15) is 10.4 Å². The molecule has 3 aromatic rings. The van der Waals surface area contributed by atoms with Gasteiger partial charge in [-0.1, -0.05) is 0 Å². The fourth-order valence-electron chi connectivity index (χ4n) is 4.35. The van der Waals surface area contributed by atoms with Crippen LogP contribution in [0.15, 0.2) is 24.4 Å². The highest BCUT2D eigenvalue weighted by Crippen LogP contribution is 2.33. The number of pyridine rings is 1. The van der Waals surface area contributed by atoms with Crippen LogP contribution in [0.3, 0.4) is 0 Å². The molecule has 2 aromatic heterocycles. The van der Waals surface area contributed by atoms with Crippen molar-refractivity contribution < 1.29 is 9.13 Å². The maximum Gasteiger partial charge on any atom is 0.158 e. The molecule has 5 heterocycles. The Kier molecular flexibility index (Phi) is 4.68. The third-order valence-electron chi connectivity index (χ3n) is 6.08. The highest BCUT2D eigenvalue weighted by Gasteiger charge is 2.38. The number of ether oxygens (including phenoxy) is 1. The lowest BCUT2D eigenvalue weighted by Gasteiger charge is -2.47. The van der Waals surface area contributed by atoms with Gasteiger partial charge in [-0.3, -0.25) is 0 Å². The third-order valence-corrected chi connectivity index (χ3v) is 6.08. The minimum Gasteiger partial charge on any atom is -0.371 e. The number of hydrogen-bond donors (Lipinski definition) is 2. The first kappa shape index (κ1) is 19.6. The summed E-state index contributed by atoms with van der Waals surface area (Å²) < 4.78 is 19.7. The summed E-state index contributed by atoms with van der Waals surface area (Å²) in [5.41, 5.74) is 8.49. The van der Waals surface area contributed by atoms with Crippen LogP contribution in [-0.4, -0.2) is 40.5 Å².